The van der Waals surface area contributed by atoms with Crippen LogP contribution in [0.15, 0.2) is 30.9 Å². The van der Waals surface area contributed by atoms with Gasteiger partial charge in [-0.05, 0) is 18.9 Å². The Kier molecular flexibility index (Phi) is 4.12. The lowest BCUT2D eigenvalue weighted by atomic mass is 9.99. The number of amides is 1. The van der Waals surface area contributed by atoms with E-state index < -0.39 is 0 Å². The van der Waals surface area contributed by atoms with Gasteiger partial charge in [-0.15, -0.1) is 0 Å². The fraction of sp³-hybridized carbons (Fsp3) is 0.500. The molecule has 0 spiro atoms. The molecule has 2 fully saturated rings. The first kappa shape index (κ1) is 15.1. The third kappa shape index (κ3) is 3.09. The van der Waals surface area contributed by atoms with Crippen LogP contribution in [0, 0.1) is 5.92 Å². The van der Waals surface area contributed by atoms with Crippen LogP contribution in [0.5, 0.6) is 0 Å². The fourth-order valence-corrected chi connectivity index (χ4v) is 3.04. The maximum atomic E-state index is 12.2. The lowest BCUT2D eigenvalue weighted by Crippen LogP contribution is -2.54. The minimum atomic E-state index is 0.00882. The molecule has 0 aliphatic carbocycles. The highest BCUT2D eigenvalue weighted by atomic mass is 16.5. The molecule has 2 aliphatic heterocycles. The van der Waals surface area contributed by atoms with Gasteiger partial charge >= 0.3 is 0 Å². The maximum Gasteiger partial charge on any atom is 0.226 e. The molecular formula is C16H20N6O2. The Morgan fingerprint density at radius 2 is 2.21 bits per heavy atom. The second kappa shape index (κ2) is 6.56. The van der Waals surface area contributed by atoms with Gasteiger partial charge in [0.15, 0.2) is 5.82 Å². The van der Waals surface area contributed by atoms with Crippen molar-refractivity contribution in [2.24, 2.45) is 5.92 Å². The summed E-state index contributed by atoms with van der Waals surface area (Å²) in [5, 5.41) is 7.16. The van der Waals surface area contributed by atoms with Gasteiger partial charge in [-0.25, -0.2) is 14.6 Å². The summed E-state index contributed by atoms with van der Waals surface area (Å²) < 4.78 is 7.21. The zero-order valence-electron chi connectivity index (χ0n) is 13.3. The molecule has 0 unspecified atom stereocenters. The third-order valence-corrected chi connectivity index (χ3v) is 4.48. The summed E-state index contributed by atoms with van der Waals surface area (Å²) in [6.45, 7) is 2.77. The summed E-state index contributed by atoms with van der Waals surface area (Å²) in [5.41, 5.74) is 0. The molecule has 126 valence electrons. The summed E-state index contributed by atoms with van der Waals surface area (Å²) in [7, 11) is 0. The zero-order chi connectivity index (χ0) is 16.4. The Bertz CT molecular complexity index is 692. The van der Waals surface area contributed by atoms with E-state index in [-0.39, 0.29) is 17.9 Å². The number of nitrogens with zero attached hydrogens (tertiary/aromatic N) is 5. The van der Waals surface area contributed by atoms with Gasteiger partial charge in [0.25, 0.3) is 0 Å². The zero-order valence-corrected chi connectivity index (χ0v) is 13.3. The summed E-state index contributed by atoms with van der Waals surface area (Å²) in [6, 6.07) is 3.73. The molecule has 4 heterocycles. The molecule has 0 saturated carbocycles. The van der Waals surface area contributed by atoms with Crippen LogP contribution in [0.1, 0.15) is 12.8 Å². The molecular weight excluding hydrogens is 308 g/mol. The van der Waals surface area contributed by atoms with E-state index in [0.29, 0.717) is 19.6 Å². The number of nitrogens with one attached hydrogen (secondary N) is 1. The number of hydrogen-bond acceptors (Lipinski definition) is 6. The van der Waals surface area contributed by atoms with Crippen LogP contribution in [0.2, 0.25) is 0 Å². The highest BCUT2D eigenvalue weighted by molar-refractivity contribution is 5.81. The number of carbonyl (C=O) groups excluding carboxylic acids is 1. The Hall–Kier alpha value is -2.48. The molecule has 4 rings (SSSR count). The van der Waals surface area contributed by atoms with Gasteiger partial charge in [-0.2, -0.15) is 5.10 Å². The van der Waals surface area contributed by atoms with Crippen molar-refractivity contribution in [3.8, 4) is 5.82 Å². The lowest BCUT2D eigenvalue weighted by Gasteiger charge is -2.39. The topological polar surface area (TPSA) is 85.2 Å². The van der Waals surface area contributed by atoms with Crippen LogP contribution in [0.3, 0.4) is 0 Å². The van der Waals surface area contributed by atoms with Gasteiger partial charge in [0.1, 0.15) is 12.1 Å². The first-order valence-electron chi connectivity index (χ1n) is 8.26. The smallest absolute Gasteiger partial charge is 0.226 e. The number of carbonyl (C=O) groups is 1. The molecule has 24 heavy (non-hydrogen) atoms. The first-order valence-corrected chi connectivity index (χ1v) is 8.26. The molecule has 0 bridgehead atoms. The normalized spacial score (nSPS) is 20.8. The van der Waals surface area contributed by atoms with Crippen molar-refractivity contribution in [1.82, 2.24) is 25.1 Å². The largest absolute Gasteiger partial charge is 0.376 e. The van der Waals surface area contributed by atoms with Gasteiger partial charge < -0.3 is 15.0 Å². The van der Waals surface area contributed by atoms with E-state index in [2.05, 4.69) is 25.3 Å². The molecule has 1 amide bonds. The average Bonchev–Trinajstić information content (AvgIpc) is 3.25. The number of ether oxygens (including phenoxy) is 1. The van der Waals surface area contributed by atoms with Gasteiger partial charge in [-0.1, -0.05) is 0 Å². The van der Waals surface area contributed by atoms with Gasteiger partial charge in [0, 0.05) is 44.7 Å². The molecule has 1 N–H and O–H groups in total. The minimum Gasteiger partial charge on any atom is -0.376 e. The van der Waals surface area contributed by atoms with E-state index in [9.17, 15) is 4.79 Å². The monoisotopic (exact) mass is 328 g/mol. The maximum absolute atomic E-state index is 12.2. The Balaban J connectivity index is 1.30. The van der Waals surface area contributed by atoms with Gasteiger partial charge in [0.2, 0.25) is 5.91 Å². The molecule has 2 saturated heterocycles. The summed E-state index contributed by atoms with van der Waals surface area (Å²) in [5.74, 6) is 1.65. The predicted molar refractivity (Wildman–Crippen MR) is 86.8 cm³/mol. The van der Waals surface area contributed by atoms with Crippen LogP contribution in [-0.4, -0.2) is 58.0 Å². The van der Waals surface area contributed by atoms with E-state index >= 15 is 0 Å². The number of hydrogen-bond donors (Lipinski definition) is 1. The lowest BCUT2D eigenvalue weighted by molar-refractivity contribution is -0.126. The van der Waals surface area contributed by atoms with Crippen LogP contribution in [-0.2, 0) is 9.53 Å². The van der Waals surface area contributed by atoms with E-state index in [1.54, 1.807) is 10.9 Å². The van der Waals surface area contributed by atoms with Gasteiger partial charge in [0.05, 0.1) is 12.0 Å². The van der Waals surface area contributed by atoms with Crippen LogP contribution < -0.4 is 10.2 Å². The average molecular weight is 328 g/mol. The third-order valence-electron chi connectivity index (χ3n) is 4.48. The molecule has 0 radical (unpaired) electrons. The molecule has 2 aromatic heterocycles. The fourth-order valence-electron chi connectivity index (χ4n) is 3.04. The molecule has 2 aromatic rings. The standard InChI is InChI=1S/C16H20N6O2/c23-16(17-8-13-3-1-6-24-13)12-9-21(10-12)14-7-15(19-11-18-14)22-5-2-4-20-22/h2,4-5,7,11-13H,1,3,6,8-10H2,(H,17,23)/t13-/m1/s1. The van der Waals surface area contributed by atoms with Crippen molar-refractivity contribution in [2.75, 3.05) is 31.1 Å². The first-order chi connectivity index (χ1) is 11.8. The second-order valence-electron chi connectivity index (χ2n) is 6.17. The van der Waals surface area contributed by atoms with Crippen molar-refractivity contribution in [1.29, 1.82) is 0 Å². The van der Waals surface area contributed by atoms with Crippen molar-refractivity contribution < 1.29 is 9.53 Å². The SMILES string of the molecule is O=C(NC[C@H]1CCCO1)C1CN(c2cc(-n3cccn3)ncn2)C1. The van der Waals surface area contributed by atoms with E-state index in [1.807, 2.05) is 18.3 Å². The van der Waals surface area contributed by atoms with Crippen molar-refractivity contribution in [3.05, 3.63) is 30.9 Å². The number of rotatable bonds is 5. The van der Waals surface area contributed by atoms with Crippen LogP contribution in [0.25, 0.3) is 5.82 Å². The Labute approximate surface area is 139 Å². The molecule has 8 heteroatoms. The molecule has 1 atom stereocenters. The molecule has 8 nitrogen and oxygen atoms in total. The van der Waals surface area contributed by atoms with E-state index in [0.717, 1.165) is 31.1 Å². The van der Waals surface area contributed by atoms with E-state index in [1.165, 1.54) is 6.33 Å². The van der Waals surface area contributed by atoms with Gasteiger partial charge in [-0.3, -0.25) is 4.79 Å². The number of anilines is 1. The van der Waals surface area contributed by atoms with Crippen molar-refractivity contribution in [3.63, 3.8) is 0 Å². The molecule has 2 aliphatic rings. The summed E-state index contributed by atoms with van der Waals surface area (Å²) >= 11 is 0. The van der Waals surface area contributed by atoms with Crippen molar-refractivity contribution in [2.45, 2.75) is 18.9 Å². The Morgan fingerprint density at radius 1 is 1.33 bits per heavy atom. The van der Waals surface area contributed by atoms with Crippen LogP contribution >= 0.6 is 0 Å². The van der Waals surface area contributed by atoms with Crippen molar-refractivity contribution >= 4 is 11.7 Å². The molecule has 0 aromatic carbocycles. The minimum absolute atomic E-state index is 0.00882. The summed E-state index contributed by atoms with van der Waals surface area (Å²) in [4.78, 5) is 22.8. The highest BCUT2D eigenvalue weighted by Crippen LogP contribution is 2.23. The Morgan fingerprint density at radius 3 is 2.96 bits per heavy atom. The predicted octanol–water partition coefficient (Wildman–Crippen LogP) is 0.394. The summed E-state index contributed by atoms with van der Waals surface area (Å²) in [6.07, 6.45) is 7.38. The number of aromatic nitrogens is 4. The van der Waals surface area contributed by atoms with Crippen LogP contribution in [0.4, 0.5) is 5.82 Å². The highest BCUT2D eigenvalue weighted by Gasteiger charge is 2.34. The second-order valence-corrected chi connectivity index (χ2v) is 6.17. The van der Waals surface area contributed by atoms with E-state index in [4.69, 9.17) is 4.74 Å². The quantitative estimate of drug-likeness (QED) is 0.855.